The molecule has 0 radical (unpaired) electrons. The number of benzene rings is 2. The molecule has 1 saturated heterocycles. The Labute approximate surface area is 253 Å². The van der Waals surface area contributed by atoms with Crippen LogP contribution in [-0.2, 0) is 19.2 Å². The summed E-state index contributed by atoms with van der Waals surface area (Å²) in [6, 6.07) is 10.8. The molecule has 0 spiro atoms. The van der Waals surface area contributed by atoms with Gasteiger partial charge in [0.25, 0.3) is 0 Å². The van der Waals surface area contributed by atoms with Crippen LogP contribution < -0.4 is 9.64 Å². The van der Waals surface area contributed by atoms with Crippen molar-refractivity contribution in [1.29, 1.82) is 0 Å². The number of anilines is 1. The van der Waals surface area contributed by atoms with Crippen LogP contribution in [0.15, 0.2) is 65.3 Å². The number of amides is 2. The van der Waals surface area contributed by atoms with Crippen molar-refractivity contribution in [2.75, 3.05) is 18.1 Å². The fraction of sp³-hybridized carbons (Fsp3) is 0.382. The van der Waals surface area contributed by atoms with Crippen molar-refractivity contribution in [2.24, 2.45) is 29.1 Å². The third-order valence-corrected chi connectivity index (χ3v) is 10.2. The smallest absolute Gasteiger partial charge is 0.339 e. The second-order valence-electron chi connectivity index (χ2n) is 12.3. The quantitative estimate of drug-likeness (QED) is 0.332. The summed E-state index contributed by atoms with van der Waals surface area (Å²) < 4.78 is 5.54. The van der Waals surface area contributed by atoms with Crippen LogP contribution in [0.5, 0.6) is 11.5 Å². The summed E-state index contributed by atoms with van der Waals surface area (Å²) in [4.78, 5) is 68.2. The minimum atomic E-state index is -1.34. The van der Waals surface area contributed by atoms with Gasteiger partial charge in [0.15, 0.2) is 11.6 Å². The van der Waals surface area contributed by atoms with Gasteiger partial charge in [-0.1, -0.05) is 30.7 Å². The van der Waals surface area contributed by atoms with E-state index < -0.39 is 58.5 Å². The Kier molecular flexibility index (Phi) is 7.07. The lowest BCUT2D eigenvalue weighted by molar-refractivity contribution is -0.142. The lowest BCUT2D eigenvalue weighted by Gasteiger charge is -2.54. The zero-order chi connectivity index (χ0) is 31.7. The summed E-state index contributed by atoms with van der Waals surface area (Å²) in [6.45, 7) is 5.15. The van der Waals surface area contributed by atoms with Crippen LogP contribution in [-0.4, -0.2) is 57.9 Å². The third-order valence-electron chi connectivity index (χ3n) is 10.2. The summed E-state index contributed by atoms with van der Waals surface area (Å²) in [7, 11) is 0. The number of nitrogens with zero attached hydrogens (tertiary/aromatic N) is 1. The number of carboxylic acids is 1. The first-order valence-corrected chi connectivity index (χ1v) is 14.7. The number of ketones is 2. The Hall–Kier alpha value is -4.57. The number of fused-ring (bicyclic) bond motifs is 4. The zero-order valence-corrected chi connectivity index (χ0v) is 24.6. The van der Waals surface area contributed by atoms with E-state index in [1.54, 1.807) is 26.0 Å². The first-order chi connectivity index (χ1) is 20.9. The number of hydrogen-bond donors (Lipinski definition) is 3. The van der Waals surface area contributed by atoms with E-state index in [1.165, 1.54) is 6.07 Å². The number of phenols is 1. The van der Waals surface area contributed by atoms with Crippen LogP contribution in [0.3, 0.4) is 0 Å². The number of aromatic hydroxyl groups is 1. The highest BCUT2D eigenvalue weighted by atomic mass is 16.5. The minimum Gasteiger partial charge on any atom is -0.507 e. The molecule has 0 unspecified atom stereocenters. The number of hydrogen-bond acceptors (Lipinski definition) is 8. The minimum absolute atomic E-state index is 0.0763. The summed E-state index contributed by atoms with van der Waals surface area (Å²) in [5.74, 6) is -5.81. The van der Waals surface area contributed by atoms with Crippen molar-refractivity contribution < 1.29 is 44.0 Å². The molecule has 0 bridgehead atoms. The number of rotatable bonds is 6. The third kappa shape index (κ3) is 4.15. The highest BCUT2D eigenvalue weighted by Crippen LogP contribution is 2.63. The monoisotopic (exact) mass is 599 g/mol. The van der Waals surface area contributed by atoms with Gasteiger partial charge in [-0.2, -0.15) is 0 Å². The van der Waals surface area contributed by atoms with Crippen LogP contribution in [0.25, 0.3) is 0 Å². The molecule has 3 aliphatic carbocycles. The molecule has 6 rings (SSSR count). The summed E-state index contributed by atoms with van der Waals surface area (Å²) in [6.07, 6.45) is 2.43. The molecule has 6 atom stereocenters. The summed E-state index contributed by atoms with van der Waals surface area (Å²) in [5.41, 5.74) is 1.07. The van der Waals surface area contributed by atoms with Crippen molar-refractivity contribution in [3.8, 4) is 11.5 Å². The highest BCUT2D eigenvalue weighted by Gasteiger charge is 2.64. The van der Waals surface area contributed by atoms with Crippen molar-refractivity contribution in [2.45, 2.75) is 39.5 Å². The van der Waals surface area contributed by atoms with Crippen molar-refractivity contribution in [3.05, 3.63) is 76.4 Å². The Morgan fingerprint density at radius 2 is 1.70 bits per heavy atom. The molecule has 2 amide bonds. The van der Waals surface area contributed by atoms with Gasteiger partial charge in [-0.05, 0) is 73.6 Å². The van der Waals surface area contributed by atoms with Gasteiger partial charge in [-0.15, -0.1) is 0 Å². The molecule has 44 heavy (non-hydrogen) atoms. The average Bonchev–Trinajstić information content (AvgIpc) is 3.26. The van der Waals surface area contributed by atoms with Gasteiger partial charge in [0.1, 0.15) is 23.7 Å². The zero-order valence-electron chi connectivity index (χ0n) is 24.6. The molecule has 10 nitrogen and oxygen atoms in total. The SMILES string of the molecule is CC1=C(C)C(=O)[C@@]2(C)[C@@H](c3ccc(OCCO)cc3)C3=CC[C@@H]4C(=O)N(c5ccc(C(=O)O)c(O)c5)C(=O)[C@@H]4[C@@H]3C[C@H]2C1=O. The van der Waals surface area contributed by atoms with Crippen LogP contribution in [0.2, 0.25) is 0 Å². The van der Waals surface area contributed by atoms with Crippen LogP contribution >= 0.6 is 0 Å². The van der Waals surface area contributed by atoms with Crippen LogP contribution in [0.4, 0.5) is 5.69 Å². The van der Waals surface area contributed by atoms with E-state index in [-0.39, 0.29) is 48.9 Å². The molecule has 3 N–H and O–H groups in total. The standard InChI is InChI=1S/C34H33NO9/c1-16-17(2)30(39)34(3)25(29(16)38)15-24-21(28(34)18-4-7-20(8-5-18)44-13-12-36)10-11-23-27(24)32(41)35(31(23)40)19-6-9-22(33(42)43)26(37)14-19/h4-10,14,23-25,27-28,36-37H,11-13,15H2,1-3H3,(H,42,43)/t23-,24+,25-,27-,28-,34+/m0/s1. The second-order valence-corrected chi connectivity index (χ2v) is 12.3. The molecule has 0 aromatic heterocycles. The number of carbonyl (C=O) groups is 5. The Balaban J connectivity index is 1.45. The number of ether oxygens (including phenoxy) is 1. The van der Waals surface area contributed by atoms with Crippen molar-refractivity contribution >= 4 is 35.0 Å². The van der Waals surface area contributed by atoms with E-state index in [2.05, 4.69) is 0 Å². The molecule has 1 saturated carbocycles. The lowest BCUT2D eigenvalue weighted by atomic mass is 9.46. The molecular formula is C34H33NO9. The van der Waals surface area contributed by atoms with E-state index in [4.69, 9.17) is 9.84 Å². The molecular weight excluding hydrogens is 566 g/mol. The van der Waals surface area contributed by atoms with Crippen molar-refractivity contribution in [3.63, 3.8) is 0 Å². The molecule has 4 aliphatic rings. The molecule has 2 aromatic rings. The second kappa shape index (κ2) is 10.6. The lowest BCUT2D eigenvalue weighted by Crippen LogP contribution is -2.55. The topological polar surface area (TPSA) is 159 Å². The number of carboxylic acid groups (broad SMARTS) is 1. The van der Waals surface area contributed by atoms with E-state index in [0.29, 0.717) is 16.9 Å². The number of aromatic carboxylic acids is 1. The van der Waals surface area contributed by atoms with Crippen LogP contribution in [0, 0.1) is 29.1 Å². The van der Waals surface area contributed by atoms with E-state index in [9.17, 15) is 34.2 Å². The first kappa shape index (κ1) is 29.5. The number of aliphatic hydroxyl groups is 1. The molecule has 2 aromatic carbocycles. The predicted molar refractivity (Wildman–Crippen MR) is 157 cm³/mol. The first-order valence-electron chi connectivity index (χ1n) is 14.7. The summed E-state index contributed by atoms with van der Waals surface area (Å²) >= 11 is 0. The Morgan fingerprint density at radius 3 is 2.34 bits per heavy atom. The number of Topliss-reactive ketones (excluding diaryl/α,β-unsaturated/α-hetero) is 2. The predicted octanol–water partition coefficient (Wildman–Crippen LogP) is 3.81. The molecule has 1 heterocycles. The van der Waals surface area contributed by atoms with E-state index in [1.807, 2.05) is 25.1 Å². The van der Waals surface area contributed by atoms with Gasteiger partial charge in [0.05, 0.1) is 29.5 Å². The summed E-state index contributed by atoms with van der Waals surface area (Å²) in [5, 5.41) is 28.7. The van der Waals surface area contributed by atoms with Crippen molar-refractivity contribution in [1.82, 2.24) is 0 Å². The van der Waals surface area contributed by atoms with Gasteiger partial charge < -0.3 is 20.1 Å². The Bertz CT molecular complexity index is 1690. The molecule has 2 fully saturated rings. The molecule has 10 heteroatoms. The fourth-order valence-corrected chi connectivity index (χ4v) is 7.97. The average molecular weight is 600 g/mol. The van der Waals surface area contributed by atoms with Gasteiger partial charge in [-0.25, -0.2) is 9.69 Å². The van der Waals surface area contributed by atoms with Crippen LogP contribution in [0.1, 0.15) is 55.5 Å². The van der Waals surface area contributed by atoms with E-state index in [0.717, 1.165) is 28.2 Å². The maximum Gasteiger partial charge on any atom is 0.339 e. The Morgan fingerprint density at radius 1 is 1.00 bits per heavy atom. The van der Waals surface area contributed by atoms with Gasteiger partial charge in [0, 0.05) is 17.9 Å². The molecule has 228 valence electrons. The maximum atomic E-state index is 14.1. The number of imide groups is 1. The maximum absolute atomic E-state index is 14.1. The van der Waals surface area contributed by atoms with E-state index >= 15 is 0 Å². The van der Waals surface area contributed by atoms with Gasteiger partial charge in [0.2, 0.25) is 11.8 Å². The fourth-order valence-electron chi connectivity index (χ4n) is 7.97. The van der Waals surface area contributed by atoms with Gasteiger partial charge in [-0.3, -0.25) is 19.2 Å². The van der Waals surface area contributed by atoms with Gasteiger partial charge >= 0.3 is 5.97 Å². The largest absolute Gasteiger partial charge is 0.507 e. The number of aliphatic hydroxyl groups excluding tert-OH is 1. The molecule has 1 aliphatic heterocycles. The normalized spacial score (nSPS) is 29.7. The highest BCUT2D eigenvalue weighted by molar-refractivity contribution is 6.23. The number of carbonyl (C=O) groups excluding carboxylic acids is 4. The number of allylic oxidation sites excluding steroid dienone is 4.